The molecule has 6 nitrogen and oxygen atoms in total. The average Bonchev–Trinajstić information content (AvgIpc) is 3.08. The third kappa shape index (κ3) is 2.91. The zero-order valence-electron chi connectivity index (χ0n) is 16.8. The molecule has 2 heterocycles. The molecule has 5 rings (SSSR count). The van der Waals surface area contributed by atoms with Gasteiger partial charge in [-0.05, 0) is 61.1 Å². The van der Waals surface area contributed by atoms with Crippen LogP contribution in [0.2, 0.25) is 0 Å². The highest BCUT2D eigenvalue weighted by molar-refractivity contribution is 5.87. The minimum atomic E-state index is -0.347. The van der Waals surface area contributed by atoms with E-state index in [0.717, 1.165) is 49.8 Å². The second-order valence-corrected chi connectivity index (χ2v) is 8.65. The highest BCUT2D eigenvalue weighted by Gasteiger charge is 2.48. The lowest BCUT2D eigenvalue weighted by Crippen LogP contribution is -2.53. The van der Waals surface area contributed by atoms with E-state index in [1.807, 2.05) is 24.3 Å². The molecule has 6 heteroatoms. The number of hydrogen-bond acceptors (Lipinski definition) is 4. The van der Waals surface area contributed by atoms with Gasteiger partial charge in [-0.15, -0.1) is 6.58 Å². The number of fused-ring (bicyclic) bond motifs is 4. The molecular weight excluding hydrogens is 378 g/mol. The third-order valence-electron chi connectivity index (χ3n) is 7.07. The summed E-state index contributed by atoms with van der Waals surface area (Å²) in [5.41, 5.74) is 4.51. The van der Waals surface area contributed by atoms with Gasteiger partial charge >= 0.3 is 0 Å². The fourth-order valence-electron chi connectivity index (χ4n) is 5.64. The first kappa shape index (κ1) is 18.9. The molecule has 1 aliphatic heterocycles. The lowest BCUT2D eigenvalue weighted by Gasteiger charge is -2.51. The second-order valence-electron chi connectivity index (χ2n) is 8.65. The van der Waals surface area contributed by atoms with Crippen LogP contribution in [0.5, 0.6) is 5.75 Å². The predicted molar refractivity (Wildman–Crippen MR) is 117 cm³/mol. The Hall–Kier alpha value is -3.12. The van der Waals surface area contributed by atoms with Gasteiger partial charge in [0.25, 0.3) is 5.69 Å². The molecule has 2 N–H and O–H groups in total. The number of H-pyrrole nitrogens is 1. The van der Waals surface area contributed by atoms with Crippen molar-refractivity contribution in [2.75, 3.05) is 19.6 Å². The molecule has 30 heavy (non-hydrogen) atoms. The van der Waals surface area contributed by atoms with Gasteiger partial charge in [0.2, 0.25) is 0 Å². The van der Waals surface area contributed by atoms with E-state index in [1.165, 1.54) is 16.8 Å². The summed E-state index contributed by atoms with van der Waals surface area (Å²) in [7, 11) is 0. The van der Waals surface area contributed by atoms with Crippen molar-refractivity contribution >= 4 is 16.6 Å². The Labute approximate surface area is 175 Å². The maximum atomic E-state index is 11.2. The van der Waals surface area contributed by atoms with Crippen LogP contribution >= 0.6 is 0 Å². The molecule has 3 aromatic rings. The van der Waals surface area contributed by atoms with Crippen molar-refractivity contribution in [3.05, 3.63) is 82.1 Å². The molecule has 0 radical (unpaired) electrons. The van der Waals surface area contributed by atoms with Crippen LogP contribution in [0.25, 0.3) is 10.9 Å². The maximum absolute atomic E-state index is 11.2. The normalized spacial score (nSPS) is 23.7. The quantitative estimate of drug-likeness (QED) is 0.386. The van der Waals surface area contributed by atoms with Gasteiger partial charge in [0.1, 0.15) is 5.75 Å². The maximum Gasteiger partial charge on any atom is 0.271 e. The molecule has 0 bridgehead atoms. The summed E-state index contributed by atoms with van der Waals surface area (Å²) in [4.78, 5) is 16.8. The molecule has 0 spiro atoms. The number of benzene rings is 2. The van der Waals surface area contributed by atoms with Crippen molar-refractivity contribution in [3.8, 4) is 5.75 Å². The van der Waals surface area contributed by atoms with Crippen molar-refractivity contribution in [2.24, 2.45) is 5.92 Å². The molecular formula is C24H25N3O3. The van der Waals surface area contributed by atoms with Gasteiger partial charge in [-0.1, -0.05) is 18.2 Å². The number of non-ortho nitro benzene ring substituents is 1. The number of phenolic OH excluding ortho intramolecular Hbond substituents is 1. The Morgan fingerprint density at radius 1 is 1.33 bits per heavy atom. The van der Waals surface area contributed by atoms with Crippen LogP contribution in [0.15, 0.2) is 55.1 Å². The minimum absolute atomic E-state index is 0.0593. The first-order valence-electron chi connectivity index (χ1n) is 10.4. The van der Waals surface area contributed by atoms with E-state index < -0.39 is 0 Å². The Balaban J connectivity index is 1.63. The van der Waals surface area contributed by atoms with Crippen LogP contribution in [0.4, 0.5) is 5.69 Å². The summed E-state index contributed by atoms with van der Waals surface area (Å²) in [6.45, 7) is 6.74. The van der Waals surface area contributed by atoms with Crippen molar-refractivity contribution in [1.82, 2.24) is 9.88 Å². The number of hydrogen-bond donors (Lipinski definition) is 2. The molecule has 1 unspecified atom stereocenters. The van der Waals surface area contributed by atoms with Gasteiger partial charge in [-0.25, -0.2) is 0 Å². The highest BCUT2D eigenvalue weighted by atomic mass is 16.6. The van der Waals surface area contributed by atoms with Crippen molar-refractivity contribution in [2.45, 2.75) is 24.7 Å². The lowest BCUT2D eigenvalue weighted by molar-refractivity contribution is -0.384. The van der Waals surface area contributed by atoms with Gasteiger partial charge in [0.05, 0.1) is 10.4 Å². The Morgan fingerprint density at radius 3 is 2.97 bits per heavy atom. The number of rotatable bonds is 4. The van der Waals surface area contributed by atoms with E-state index in [2.05, 4.69) is 22.5 Å². The van der Waals surface area contributed by atoms with E-state index in [-0.39, 0.29) is 16.0 Å². The summed E-state index contributed by atoms with van der Waals surface area (Å²) in [5.74, 6) is 0.696. The zero-order chi connectivity index (χ0) is 20.9. The van der Waals surface area contributed by atoms with Gasteiger partial charge < -0.3 is 10.1 Å². The van der Waals surface area contributed by atoms with Crippen molar-refractivity contribution in [1.29, 1.82) is 0 Å². The number of nitro benzene ring substituents is 1. The molecule has 154 valence electrons. The SMILES string of the molecule is C=CCN1CC[C@]2(c3cccc(O)c3)Cc3[nH]c4cc([N+](=O)[O-])ccc4c3CC2C1. The zero-order valence-corrected chi connectivity index (χ0v) is 16.8. The number of phenols is 1. The average molecular weight is 403 g/mol. The standard InChI is InChI=1S/C24H25N3O3/c1-2-9-26-10-8-24(16-4-3-5-19(28)11-16)14-23-21(12-17(24)15-26)20-7-6-18(27(29)30)13-22(20)25-23/h2-7,11,13,17,25,28H,1,8-10,12,14-15H2/t17?,24-/m1/s1. The Bertz CT molecular complexity index is 1150. The minimum Gasteiger partial charge on any atom is -0.508 e. The summed E-state index contributed by atoms with van der Waals surface area (Å²) in [6.07, 6.45) is 4.72. The number of nitrogens with zero attached hydrogens (tertiary/aromatic N) is 2. The molecule has 1 aromatic heterocycles. The smallest absolute Gasteiger partial charge is 0.271 e. The number of aromatic amines is 1. The molecule has 1 saturated heterocycles. The second kappa shape index (κ2) is 6.99. The van der Waals surface area contributed by atoms with Gasteiger partial charge in [0, 0.05) is 41.7 Å². The van der Waals surface area contributed by atoms with E-state index in [1.54, 1.807) is 18.2 Å². The van der Waals surface area contributed by atoms with Crippen LogP contribution in [0, 0.1) is 16.0 Å². The third-order valence-corrected chi connectivity index (χ3v) is 7.07. The number of likely N-dealkylation sites (tertiary alicyclic amines) is 1. The molecule has 1 fully saturated rings. The van der Waals surface area contributed by atoms with Crippen LogP contribution in [0.1, 0.15) is 23.2 Å². The molecule has 2 aromatic carbocycles. The lowest BCUT2D eigenvalue weighted by atomic mass is 9.58. The number of aromatic hydroxyl groups is 1. The predicted octanol–water partition coefficient (Wildman–Crippen LogP) is 4.33. The Kier molecular flexibility index (Phi) is 4.40. The Morgan fingerprint density at radius 2 is 2.20 bits per heavy atom. The van der Waals surface area contributed by atoms with Gasteiger partial charge in [0.15, 0.2) is 0 Å². The summed E-state index contributed by atoms with van der Waals surface area (Å²) >= 11 is 0. The fraction of sp³-hybridized carbons (Fsp3) is 0.333. The van der Waals surface area contributed by atoms with E-state index >= 15 is 0 Å². The summed E-state index contributed by atoms with van der Waals surface area (Å²) in [5, 5.41) is 22.5. The molecule has 2 aliphatic rings. The number of aromatic nitrogens is 1. The summed E-state index contributed by atoms with van der Waals surface area (Å²) in [6, 6.07) is 12.8. The van der Waals surface area contributed by atoms with Gasteiger partial charge in [-0.2, -0.15) is 0 Å². The molecule has 0 saturated carbocycles. The van der Waals surface area contributed by atoms with Crippen LogP contribution < -0.4 is 0 Å². The first-order chi connectivity index (χ1) is 14.5. The largest absolute Gasteiger partial charge is 0.508 e. The fourth-order valence-corrected chi connectivity index (χ4v) is 5.64. The van der Waals surface area contributed by atoms with Crippen LogP contribution in [0.3, 0.4) is 0 Å². The first-order valence-corrected chi connectivity index (χ1v) is 10.4. The van der Waals surface area contributed by atoms with E-state index in [9.17, 15) is 15.2 Å². The van der Waals surface area contributed by atoms with Crippen LogP contribution in [-0.2, 0) is 18.3 Å². The molecule has 2 atom stereocenters. The van der Waals surface area contributed by atoms with Crippen molar-refractivity contribution < 1.29 is 10.0 Å². The molecule has 0 amide bonds. The van der Waals surface area contributed by atoms with Gasteiger partial charge in [-0.3, -0.25) is 15.0 Å². The number of piperidine rings is 1. The topological polar surface area (TPSA) is 82.4 Å². The van der Waals surface area contributed by atoms with Crippen LogP contribution in [-0.4, -0.2) is 39.5 Å². The van der Waals surface area contributed by atoms with Crippen molar-refractivity contribution in [3.63, 3.8) is 0 Å². The molecule has 1 aliphatic carbocycles. The van der Waals surface area contributed by atoms with E-state index in [4.69, 9.17) is 0 Å². The van der Waals surface area contributed by atoms with E-state index in [0.29, 0.717) is 11.7 Å². The summed E-state index contributed by atoms with van der Waals surface area (Å²) < 4.78 is 0. The monoisotopic (exact) mass is 403 g/mol. The number of nitro groups is 1. The number of nitrogens with one attached hydrogen (secondary N) is 1. The highest BCUT2D eigenvalue weighted by Crippen LogP contribution is 2.49.